The van der Waals surface area contributed by atoms with E-state index in [0.29, 0.717) is 10.6 Å². The number of hydrogen-bond acceptors (Lipinski definition) is 5. The van der Waals surface area contributed by atoms with Crippen molar-refractivity contribution in [1.29, 1.82) is 0 Å². The molecule has 24 heavy (non-hydrogen) atoms. The number of carbonyl (C=O) groups excluding carboxylic acids is 2. The number of nitrogens with one attached hydrogen (secondary N) is 1. The number of esters is 1. The highest BCUT2D eigenvalue weighted by Crippen LogP contribution is 2.28. The van der Waals surface area contributed by atoms with Crippen molar-refractivity contribution in [3.05, 3.63) is 40.4 Å². The van der Waals surface area contributed by atoms with E-state index >= 15 is 0 Å². The van der Waals surface area contributed by atoms with Gasteiger partial charge in [0.1, 0.15) is 9.88 Å². The van der Waals surface area contributed by atoms with Gasteiger partial charge in [-0.2, -0.15) is 0 Å². The molecule has 2 aromatic rings. The monoisotopic (exact) mass is 344 g/mol. The highest BCUT2D eigenvalue weighted by atomic mass is 32.1. The second-order valence-electron chi connectivity index (χ2n) is 5.90. The molecule has 1 heterocycles. The molecule has 0 spiro atoms. The van der Waals surface area contributed by atoms with Crippen molar-refractivity contribution in [2.75, 3.05) is 6.61 Å². The second-order valence-corrected chi connectivity index (χ2v) is 6.90. The minimum atomic E-state index is -0.493. The highest BCUT2D eigenvalue weighted by molar-refractivity contribution is 7.17. The molecule has 0 unspecified atom stereocenters. The van der Waals surface area contributed by atoms with Crippen LogP contribution in [0.15, 0.2) is 24.3 Å². The third-order valence-corrected chi connectivity index (χ3v) is 5.05. The quantitative estimate of drug-likeness (QED) is 0.818. The Kier molecular flexibility index (Phi) is 4.94. The van der Waals surface area contributed by atoms with E-state index in [0.717, 1.165) is 29.8 Å². The molecule has 0 atom stereocenters. The molecule has 5 nitrogen and oxygen atoms in total. The lowest BCUT2D eigenvalue weighted by molar-refractivity contribution is -0.124. The van der Waals surface area contributed by atoms with Crippen molar-refractivity contribution in [2.45, 2.75) is 39.2 Å². The summed E-state index contributed by atoms with van der Waals surface area (Å²) in [5.74, 6) is -0.740. The maximum atomic E-state index is 12.2. The van der Waals surface area contributed by atoms with Gasteiger partial charge in [0.25, 0.3) is 5.91 Å². The predicted octanol–water partition coefficient (Wildman–Crippen LogP) is 3.12. The molecule has 1 amide bonds. The second kappa shape index (κ2) is 7.13. The van der Waals surface area contributed by atoms with Crippen LogP contribution in [0.25, 0.3) is 10.6 Å². The van der Waals surface area contributed by atoms with Crippen LogP contribution in [0.3, 0.4) is 0 Å². The van der Waals surface area contributed by atoms with Gasteiger partial charge in [0.15, 0.2) is 6.61 Å². The van der Waals surface area contributed by atoms with E-state index in [1.165, 1.54) is 16.9 Å². The van der Waals surface area contributed by atoms with Crippen LogP contribution in [0.5, 0.6) is 0 Å². The van der Waals surface area contributed by atoms with Crippen LogP contribution < -0.4 is 5.32 Å². The van der Waals surface area contributed by atoms with E-state index < -0.39 is 5.97 Å². The fraction of sp³-hybridized carbons (Fsp3) is 0.389. The minimum absolute atomic E-state index is 0.243. The first-order chi connectivity index (χ1) is 11.6. The van der Waals surface area contributed by atoms with Crippen molar-refractivity contribution < 1.29 is 14.3 Å². The standard InChI is InChI=1S/C18H20N2O3S/c1-3-12-4-6-13(7-5-12)17-19-11(2)16(24-17)18(22)23-10-15(21)20-14-8-9-14/h4-7,14H,3,8-10H2,1-2H3,(H,20,21). The fourth-order valence-electron chi connectivity index (χ4n) is 2.29. The summed E-state index contributed by atoms with van der Waals surface area (Å²) in [6, 6.07) is 8.41. The summed E-state index contributed by atoms with van der Waals surface area (Å²) in [4.78, 5) is 28.7. The first-order valence-corrected chi connectivity index (χ1v) is 8.91. The number of thiazole rings is 1. The molecule has 126 valence electrons. The summed E-state index contributed by atoms with van der Waals surface area (Å²) in [6.45, 7) is 3.64. The van der Waals surface area contributed by atoms with Crippen molar-refractivity contribution in [3.63, 3.8) is 0 Å². The summed E-state index contributed by atoms with van der Waals surface area (Å²) in [5, 5.41) is 3.57. The third-order valence-electron chi connectivity index (χ3n) is 3.87. The molecule has 0 bridgehead atoms. The number of carbonyl (C=O) groups is 2. The molecule has 0 saturated heterocycles. The first kappa shape index (κ1) is 16.6. The smallest absolute Gasteiger partial charge is 0.350 e. The van der Waals surface area contributed by atoms with Gasteiger partial charge >= 0.3 is 5.97 Å². The predicted molar refractivity (Wildman–Crippen MR) is 93.1 cm³/mol. The van der Waals surface area contributed by atoms with Crippen molar-refractivity contribution >= 4 is 23.2 Å². The Balaban J connectivity index is 1.65. The molecular formula is C18H20N2O3S. The summed E-state index contributed by atoms with van der Waals surface area (Å²) in [6.07, 6.45) is 3.00. The summed E-state index contributed by atoms with van der Waals surface area (Å²) < 4.78 is 5.10. The van der Waals surface area contributed by atoms with Gasteiger partial charge in [-0.05, 0) is 31.7 Å². The summed E-state index contributed by atoms with van der Waals surface area (Å²) >= 11 is 1.29. The topological polar surface area (TPSA) is 68.3 Å². The molecule has 1 aromatic carbocycles. The zero-order valence-electron chi connectivity index (χ0n) is 13.8. The maximum Gasteiger partial charge on any atom is 0.350 e. The number of nitrogens with zero attached hydrogens (tertiary/aromatic N) is 1. The van der Waals surface area contributed by atoms with Gasteiger partial charge in [-0.25, -0.2) is 9.78 Å². The molecule has 6 heteroatoms. The van der Waals surface area contributed by atoms with Gasteiger partial charge in [0.05, 0.1) is 5.69 Å². The van der Waals surface area contributed by atoms with Crippen molar-refractivity contribution in [1.82, 2.24) is 10.3 Å². The Morgan fingerprint density at radius 3 is 2.62 bits per heavy atom. The molecule has 1 aliphatic rings. The molecule has 0 radical (unpaired) electrons. The average molecular weight is 344 g/mol. The lowest BCUT2D eigenvalue weighted by atomic mass is 10.1. The van der Waals surface area contributed by atoms with Gasteiger partial charge in [0.2, 0.25) is 0 Å². The van der Waals surface area contributed by atoms with Gasteiger partial charge < -0.3 is 10.1 Å². The van der Waals surface area contributed by atoms with Crippen LogP contribution >= 0.6 is 11.3 Å². The van der Waals surface area contributed by atoms with E-state index in [1.807, 2.05) is 12.1 Å². The first-order valence-electron chi connectivity index (χ1n) is 8.10. The van der Waals surface area contributed by atoms with Gasteiger partial charge in [0, 0.05) is 11.6 Å². The zero-order chi connectivity index (χ0) is 17.1. The lowest BCUT2D eigenvalue weighted by Crippen LogP contribution is -2.30. The van der Waals surface area contributed by atoms with E-state index in [9.17, 15) is 9.59 Å². The summed E-state index contributed by atoms with van der Waals surface area (Å²) in [5.41, 5.74) is 2.86. The largest absolute Gasteiger partial charge is 0.451 e. The molecule has 0 aliphatic heterocycles. The lowest BCUT2D eigenvalue weighted by Gasteiger charge is -2.04. The Morgan fingerprint density at radius 1 is 1.29 bits per heavy atom. The molecule has 1 N–H and O–H groups in total. The van der Waals surface area contributed by atoms with Crippen LogP contribution in [0.1, 0.15) is 40.7 Å². The maximum absolute atomic E-state index is 12.2. The Labute approximate surface area is 145 Å². The van der Waals surface area contributed by atoms with Crippen LogP contribution in [0.4, 0.5) is 0 Å². The Bertz CT molecular complexity index is 748. The Hall–Kier alpha value is -2.21. The van der Waals surface area contributed by atoms with E-state index in [1.54, 1.807) is 6.92 Å². The van der Waals surface area contributed by atoms with Crippen LogP contribution in [0, 0.1) is 6.92 Å². The van der Waals surface area contributed by atoms with Crippen molar-refractivity contribution in [3.8, 4) is 10.6 Å². The number of aromatic nitrogens is 1. The van der Waals surface area contributed by atoms with E-state index in [-0.39, 0.29) is 18.6 Å². The SMILES string of the molecule is CCc1ccc(-c2nc(C)c(C(=O)OCC(=O)NC3CC3)s2)cc1. The van der Waals surface area contributed by atoms with Crippen molar-refractivity contribution in [2.24, 2.45) is 0 Å². The molecule has 1 aliphatic carbocycles. The normalized spacial score (nSPS) is 13.6. The van der Waals surface area contributed by atoms with Gasteiger partial charge in [-0.3, -0.25) is 4.79 Å². The van der Waals surface area contributed by atoms with E-state index in [2.05, 4.69) is 29.4 Å². The molecular weight excluding hydrogens is 324 g/mol. The number of ether oxygens (including phenoxy) is 1. The average Bonchev–Trinajstić information content (AvgIpc) is 3.31. The number of hydrogen-bond donors (Lipinski definition) is 1. The number of aryl methyl sites for hydroxylation is 2. The molecule has 1 saturated carbocycles. The number of benzene rings is 1. The summed E-state index contributed by atoms with van der Waals surface area (Å²) in [7, 11) is 0. The Morgan fingerprint density at radius 2 is 2.00 bits per heavy atom. The highest BCUT2D eigenvalue weighted by Gasteiger charge is 2.24. The number of rotatable bonds is 6. The van der Waals surface area contributed by atoms with Crippen LogP contribution in [0.2, 0.25) is 0 Å². The minimum Gasteiger partial charge on any atom is -0.451 e. The molecule has 3 rings (SSSR count). The van der Waals surface area contributed by atoms with Crippen LogP contribution in [-0.2, 0) is 16.0 Å². The number of amides is 1. The fourth-order valence-corrected chi connectivity index (χ4v) is 3.25. The third kappa shape index (κ3) is 4.00. The van der Waals surface area contributed by atoms with Crippen LogP contribution in [-0.4, -0.2) is 29.5 Å². The molecule has 1 aromatic heterocycles. The van der Waals surface area contributed by atoms with Gasteiger partial charge in [-0.1, -0.05) is 31.2 Å². The van der Waals surface area contributed by atoms with Gasteiger partial charge in [-0.15, -0.1) is 11.3 Å². The van der Waals surface area contributed by atoms with E-state index in [4.69, 9.17) is 4.74 Å². The molecule has 1 fully saturated rings. The zero-order valence-corrected chi connectivity index (χ0v) is 14.6.